The third-order valence-corrected chi connectivity index (χ3v) is 17.2. The number of nitrogens with one attached hydrogen (secondary N) is 1. The van der Waals surface area contributed by atoms with E-state index in [1.165, 1.54) is 10.8 Å². The van der Waals surface area contributed by atoms with Gasteiger partial charge >= 0.3 is 0 Å². The standard InChI is InChI=1S/C48H61N3O8Si/c1-7-58-38-17-20-42-34(25-38)26-41(49-22-10-11-23-52)48(55)51(42)35-14-21-43-40(27-35)46(57-4)31(2)47(59-43)44(60(5,6)39-18-15-37(56-3)16-19-39)28-45(54)50-29-33-13-9-8-12-32(33)24-36(50)30-53/h8-9,12-21,25,27,31,36,41,44,46-47,49,52-53H,7,10-11,22-24,26,28-30H2,1-6H3/t31-,36+,41?,44?,46-,47-/m1/s1. The molecule has 0 bridgehead atoms. The van der Waals surface area contributed by atoms with Crippen molar-refractivity contribution in [1.82, 2.24) is 10.2 Å². The van der Waals surface area contributed by atoms with Crippen molar-refractivity contribution in [3.63, 3.8) is 0 Å². The van der Waals surface area contributed by atoms with Crippen LogP contribution in [0.1, 0.15) is 61.5 Å². The van der Waals surface area contributed by atoms with Crippen molar-refractivity contribution in [2.24, 2.45) is 5.92 Å². The predicted molar refractivity (Wildman–Crippen MR) is 236 cm³/mol. The number of hydrogen-bond acceptors (Lipinski definition) is 9. The molecule has 0 saturated heterocycles. The summed E-state index contributed by atoms with van der Waals surface area (Å²) in [7, 11) is 0.855. The summed E-state index contributed by atoms with van der Waals surface area (Å²) < 4.78 is 24.9. The Bertz CT molecular complexity index is 2130. The quantitative estimate of drug-likeness (QED) is 0.0862. The van der Waals surface area contributed by atoms with E-state index in [9.17, 15) is 19.8 Å². The van der Waals surface area contributed by atoms with Crippen molar-refractivity contribution < 1.29 is 38.7 Å². The molecule has 0 radical (unpaired) electrons. The third-order valence-electron chi connectivity index (χ3n) is 13.0. The van der Waals surface area contributed by atoms with E-state index in [0.717, 1.165) is 40.3 Å². The zero-order chi connectivity index (χ0) is 42.6. The zero-order valence-electron chi connectivity index (χ0n) is 35.9. The van der Waals surface area contributed by atoms with Crippen molar-refractivity contribution >= 4 is 36.4 Å². The fourth-order valence-electron chi connectivity index (χ4n) is 9.59. The summed E-state index contributed by atoms with van der Waals surface area (Å²) in [5, 5.41) is 24.5. The molecule has 11 nitrogen and oxygen atoms in total. The molecule has 3 N–H and O–H groups in total. The van der Waals surface area contributed by atoms with Crippen LogP contribution in [0.2, 0.25) is 18.6 Å². The molecule has 60 heavy (non-hydrogen) atoms. The van der Waals surface area contributed by atoms with Gasteiger partial charge in [-0.05, 0) is 104 Å². The molecule has 7 rings (SSSR count). The van der Waals surface area contributed by atoms with Gasteiger partial charge in [0.2, 0.25) is 11.8 Å². The van der Waals surface area contributed by atoms with Gasteiger partial charge in [-0.1, -0.05) is 61.6 Å². The lowest BCUT2D eigenvalue weighted by Gasteiger charge is -2.46. The van der Waals surface area contributed by atoms with Gasteiger partial charge in [-0.3, -0.25) is 14.5 Å². The predicted octanol–water partition coefficient (Wildman–Crippen LogP) is 6.45. The molecular weight excluding hydrogens is 775 g/mol. The van der Waals surface area contributed by atoms with Gasteiger partial charge in [0.25, 0.3) is 0 Å². The average molecular weight is 836 g/mol. The SMILES string of the molecule is CCOc1ccc2c(c1)CC(NCCCCO)C(=O)N2c1ccc2c(c1)[C@H](OC)[C@@H](C)[C@H](C(CC(=O)N1Cc3ccccc3C[C@H]1CO)[Si](C)(C)c1ccc(OC)cc1)O2. The maximum absolute atomic E-state index is 14.7. The van der Waals surface area contributed by atoms with E-state index >= 15 is 0 Å². The highest BCUT2D eigenvalue weighted by Gasteiger charge is 2.49. The minimum absolute atomic E-state index is 0.00264. The molecule has 3 aliphatic heterocycles. The lowest BCUT2D eigenvalue weighted by Crippen LogP contribution is -2.56. The average Bonchev–Trinajstić information content (AvgIpc) is 3.26. The molecule has 3 aliphatic rings. The zero-order valence-corrected chi connectivity index (χ0v) is 36.9. The second kappa shape index (κ2) is 18.9. The van der Waals surface area contributed by atoms with Gasteiger partial charge in [0.1, 0.15) is 23.4 Å². The molecule has 6 atom stereocenters. The number of unbranched alkanes of at least 4 members (excludes halogenated alkanes) is 1. The van der Waals surface area contributed by atoms with Crippen LogP contribution in [0.15, 0.2) is 84.9 Å². The fraction of sp³-hybridized carbons (Fsp3) is 0.458. The first-order valence-electron chi connectivity index (χ1n) is 21.4. The van der Waals surface area contributed by atoms with E-state index in [1.807, 2.05) is 72.5 Å². The van der Waals surface area contributed by atoms with E-state index in [2.05, 4.69) is 49.6 Å². The second-order valence-electron chi connectivity index (χ2n) is 17.0. The largest absolute Gasteiger partial charge is 0.497 e. The Morgan fingerprint density at radius 3 is 2.38 bits per heavy atom. The first kappa shape index (κ1) is 43.4. The number of ether oxygens (including phenoxy) is 4. The van der Waals surface area contributed by atoms with Crippen LogP contribution < -0.4 is 29.6 Å². The monoisotopic (exact) mass is 835 g/mol. The first-order valence-corrected chi connectivity index (χ1v) is 24.5. The molecule has 0 aromatic heterocycles. The molecule has 0 saturated carbocycles. The van der Waals surface area contributed by atoms with Gasteiger partial charge in [0.05, 0.1) is 52.3 Å². The summed E-state index contributed by atoms with van der Waals surface area (Å²) in [6.45, 7) is 10.3. The number of nitrogens with zero attached hydrogens (tertiary/aromatic N) is 2. The van der Waals surface area contributed by atoms with E-state index < -0.39 is 20.2 Å². The number of carbonyl (C=O) groups is 2. The number of rotatable bonds is 16. The topological polar surface area (TPSA) is 130 Å². The maximum atomic E-state index is 14.7. The molecule has 0 aliphatic carbocycles. The highest BCUT2D eigenvalue weighted by Crippen LogP contribution is 2.49. The number of methoxy groups -OCH3 is 2. The Morgan fingerprint density at radius 2 is 1.68 bits per heavy atom. The van der Waals surface area contributed by atoms with E-state index in [0.29, 0.717) is 50.4 Å². The minimum atomic E-state index is -2.52. The number of anilines is 2. The van der Waals surface area contributed by atoms with Crippen LogP contribution >= 0.6 is 0 Å². The number of carbonyl (C=O) groups excluding carboxylic acids is 2. The first-order chi connectivity index (χ1) is 29.0. The van der Waals surface area contributed by atoms with Gasteiger partial charge in [-0.25, -0.2) is 0 Å². The van der Waals surface area contributed by atoms with Crippen LogP contribution in [0.5, 0.6) is 17.2 Å². The van der Waals surface area contributed by atoms with E-state index in [1.54, 1.807) is 19.1 Å². The Balaban J connectivity index is 1.24. The summed E-state index contributed by atoms with van der Waals surface area (Å²) in [4.78, 5) is 32.8. The summed E-state index contributed by atoms with van der Waals surface area (Å²) in [6, 6.07) is 27.4. The van der Waals surface area contributed by atoms with Gasteiger partial charge in [0.15, 0.2) is 0 Å². The molecule has 2 unspecified atom stereocenters. The number of aliphatic hydroxyl groups excluding tert-OH is 2. The Kier molecular flexibility index (Phi) is 13.7. The second-order valence-corrected chi connectivity index (χ2v) is 21.7. The molecule has 0 spiro atoms. The number of hydrogen-bond donors (Lipinski definition) is 3. The van der Waals surface area contributed by atoms with Gasteiger partial charge in [-0.15, -0.1) is 0 Å². The van der Waals surface area contributed by atoms with Crippen molar-refractivity contribution in [3.05, 3.63) is 107 Å². The van der Waals surface area contributed by atoms with E-state index in [-0.39, 0.29) is 55.1 Å². The molecule has 12 heteroatoms. The summed E-state index contributed by atoms with van der Waals surface area (Å²) in [5.41, 5.74) is 5.47. The fourth-order valence-corrected chi connectivity index (χ4v) is 12.9. The normalized spacial score (nSPS) is 21.7. The van der Waals surface area contributed by atoms with Crippen molar-refractivity contribution in [3.8, 4) is 17.2 Å². The molecule has 3 heterocycles. The highest BCUT2D eigenvalue weighted by atomic mass is 28.3. The lowest BCUT2D eigenvalue weighted by molar-refractivity contribution is -0.136. The van der Waals surface area contributed by atoms with Gasteiger partial charge in [-0.2, -0.15) is 0 Å². The van der Waals surface area contributed by atoms with Crippen molar-refractivity contribution in [2.45, 2.75) is 95.4 Å². The lowest BCUT2D eigenvalue weighted by atomic mass is 9.85. The summed E-state index contributed by atoms with van der Waals surface area (Å²) in [6.07, 6.45) is 2.03. The Hall–Kier alpha value is -4.72. The van der Waals surface area contributed by atoms with Crippen LogP contribution in [0, 0.1) is 5.92 Å². The van der Waals surface area contributed by atoms with Gasteiger partial charge < -0.3 is 39.4 Å². The number of benzene rings is 4. The molecule has 2 amide bonds. The summed E-state index contributed by atoms with van der Waals surface area (Å²) >= 11 is 0. The Morgan fingerprint density at radius 1 is 0.933 bits per heavy atom. The molecule has 4 aromatic rings. The highest BCUT2D eigenvalue weighted by molar-refractivity contribution is 6.91. The van der Waals surface area contributed by atoms with Crippen LogP contribution in [0.3, 0.4) is 0 Å². The smallest absolute Gasteiger partial charge is 0.249 e. The Labute approximate surface area is 355 Å². The molecule has 320 valence electrons. The number of fused-ring (bicyclic) bond motifs is 3. The van der Waals surface area contributed by atoms with Crippen molar-refractivity contribution in [2.75, 3.05) is 45.5 Å². The number of aliphatic hydroxyl groups is 2. The van der Waals surface area contributed by atoms with Gasteiger partial charge in [0, 0.05) is 49.4 Å². The minimum Gasteiger partial charge on any atom is -0.497 e. The molecular formula is C48H61N3O8Si. The number of amides is 2. The van der Waals surface area contributed by atoms with Crippen molar-refractivity contribution in [1.29, 1.82) is 0 Å². The van der Waals surface area contributed by atoms with E-state index in [4.69, 9.17) is 18.9 Å². The molecule has 4 aromatic carbocycles. The van der Waals surface area contributed by atoms with Crippen LogP contribution in [0.4, 0.5) is 11.4 Å². The van der Waals surface area contributed by atoms with Crippen LogP contribution in [-0.4, -0.2) is 93.8 Å². The maximum Gasteiger partial charge on any atom is 0.249 e. The summed E-state index contributed by atoms with van der Waals surface area (Å²) in [5.74, 6) is 1.97. The van der Waals surface area contributed by atoms with Crippen LogP contribution in [-0.2, 0) is 33.7 Å². The third kappa shape index (κ3) is 8.71. The molecule has 0 fully saturated rings. The van der Waals surface area contributed by atoms with Crippen LogP contribution in [0.25, 0.3) is 0 Å².